The SMILES string of the molecule is COC(=O)CNC(=O)Cc1ccc(NC(=O)COc2ccc(C)c(C)c2)cc1. The van der Waals surface area contributed by atoms with Gasteiger partial charge in [0.2, 0.25) is 5.91 Å². The summed E-state index contributed by atoms with van der Waals surface area (Å²) in [5.74, 6) is -0.424. The lowest BCUT2D eigenvalue weighted by Gasteiger charge is -2.10. The summed E-state index contributed by atoms with van der Waals surface area (Å²) in [7, 11) is 1.26. The van der Waals surface area contributed by atoms with Crippen LogP contribution in [0.4, 0.5) is 5.69 Å². The lowest BCUT2D eigenvalue weighted by molar-refractivity contribution is -0.141. The Hall–Kier alpha value is -3.35. The standard InChI is InChI=1S/C21H24N2O5/c1-14-4-9-18(10-15(14)2)28-13-20(25)23-17-7-5-16(6-8-17)11-19(24)22-12-21(26)27-3/h4-10H,11-13H2,1-3H3,(H,22,24)(H,23,25). The molecule has 2 N–H and O–H groups in total. The molecule has 7 heteroatoms. The van der Waals surface area contributed by atoms with Gasteiger partial charge in [0.15, 0.2) is 6.61 Å². The maximum atomic E-state index is 12.0. The Kier molecular flexibility index (Phi) is 7.56. The van der Waals surface area contributed by atoms with Crippen LogP contribution in [0.2, 0.25) is 0 Å². The zero-order valence-corrected chi connectivity index (χ0v) is 16.2. The molecular weight excluding hydrogens is 360 g/mol. The van der Waals surface area contributed by atoms with Crippen molar-refractivity contribution in [2.24, 2.45) is 0 Å². The van der Waals surface area contributed by atoms with E-state index < -0.39 is 5.97 Å². The van der Waals surface area contributed by atoms with Gasteiger partial charge < -0.3 is 20.1 Å². The van der Waals surface area contributed by atoms with Gasteiger partial charge in [0, 0.05) is 5.69 Å². The molecule has 0 aromatic heterocycles. The highest BCUT2D eigenvalue weighted by Crippen LogP contribution is 2.16. The molecule has 2 aromatic carbocycles. The third-order valence-corrected chi connectivity index (χ3v) is 4.11. The molecule has 0 atom stereocenters. The van der Waals surface area contributed by atoms with E-state index in [1.807, 2.05) is 32.0 Å². The van der Waals surface area contributed by atoms with Crippen LogP contribution in [-0.2, 0) is 25.5 Å². The predicted octanol–water partition coefficient (Wildman–Crippen LogP) is 2.15. The smallest absolute Gasteiger partial charge is 0.325 e. The van der Waals surface area contributed by atoms with Crippen molar-refractivity contribution in [1.29, 1.82) is 0 Å². The minimum atomic E-state index is -0.505. The molecule has 0 bridgehead atoms. The van der Waals surface area contributed by atoms with Crippen molar-refractivity contribution in [3.8, 4) is 5.75 Å². The van der Waals surface area contributed by atoms with Crippen LogP contribution in [0.1, 0.15) is 16.7 Å². The predicted molar refractivity (Wildman–Crippen MR) is 105 cm³/mol. The minimum absolute atomic E-state index is 0.0970. The number of carbonyl (C=O) groups is 3. The molecular formula is C21H24N2O5. The van der Waals surface area contributed by atoms with Crippen LogP contribution in [-0.4, -0.2) is 38.0 Å². The fraction of sp³-hybridized carbons (Fsp3) is 0.286. The number of aryl methyl sites for hydroxylation is 2. The van der Waals surface area contributed by atoms with Crippen molar-refractivity contribution in [1.82, 2.24) is 5.32 Å². The number of benzene rings is 2. The van der Waals surface area contributed by atoms with Crippen LogP contribution in [0.15, 0.2) is 42.5 Å². The fourth-order valence-corrected chi connectivity index (χ4v) is 2.35. The van der Waals surface area contributed by atoms with Gasteiger partial charge in [0.05, 0.1) is 13.5 Å². The first-order valence-corrected chi connectivity index (χ1v) is 8.79. The molecule has 0 saturated heterocycles. The molecule has 0 radical (unpaired) electrons. The summed E-state index contributed by atoms with van der Waals surface area (Å²) < 4.78 is 9.96. The molecule has 0 saturated carbocycles. The minimum Gasteiger partial charge on any atom is -0.484 e. The summed E-state index contributed by atoms with van der Waals surface area (Å²) in [5.41, 5.74) is 3.62. The largest absolute Gasteiger partial charge is 0.484 e. The first kappa shape index (κ1) is 21.0. The lowest BCUT2D eigenvalue weighted by Crippen LogP contribution is -2.31. The number of hydrogen-bond acceptors (Lipinski definition) is 5. The molecule has 2 rings (SSSR count). The van der Waals surface area contributed by atoms with E-state index in [2.05, 4.69) is 15.4 Å². The van der Waals surface area contributed by atoms with E-state index in [0.717, 1.165) is 16.7 Å². The van der Waals surface area contributed by atoms with E-state index in [-0.39, 0.29) is 31.4 Å². The molecule has 0 unspecified atom stereocenters. The number of carbonyl (C=O) groups excluding carboxylic acids is 3. The Balaban J connectivity index is 1.79. The Labute approximate surface area is 164 Å². The summed E-state index contributed by atoms with van der Waals surface area (Å²) in [6.45, 7) is 3.74. The molecule has 28 heavy (non-hydrogen) atoms. The van der Waals surface area contributed by atoms with E-state index in [1.165, 1.54) is 7.11 Å². The number of anilines is 1. The average Bonchev–Trinajstić information content (AvgIpc) is 2.68. The molecule has 2 amide bonds. The molecule has 0 spiro atoms. The van der Waals surface area contributed by atoms with Crippen molar-refractivity contribution in [3.05, 3.63) is 59.2 Å². The summed E-state index contributed by atoms with van der Waals surface area (Å²) in [6, 6.07) is 12.5. The number of ether oxygens (including phenoxy) is 2. The van der Waals surface area contributed by atoms with Crippen molar-refractivity contribution in [2.45, 2.75) is 20.3 Å². The second-order valence-electron chi connectivity index (χ2n) is 6.31. The van der Waals surface area contributed by atoms with Gasteiger partial charge in [-0.15, -0.1) is 0 Å². The molecule has 148 valence electrons. The van der Waals surface area contributed by atoms with Crippen LogP contribution in [0.5, 0.6) is 5.75 Å². The van der Waals surface area contributed by atoms with Crippen molar-refractivity contribution in [2.75, 3.05) is 25.6 Å². The summed E-state index contributed by atoms with van der Waals surface area (Å²) in [4.78, 5) is 34.8. The van der Waals surface area contributed by atoms with E-state index in [1.54, 1.807) is 24.3 Å². The van der Waals surface area contributed by atoms with Crippen LogP contribution < -0.4 is 15.4 Å². The van der Waals surface area contributed by atoms with Crippen molar-refractivity contribution >= 4 is 23.5 Å². The normalized spacial score (nSPS) is 10.1. The highest BCUT2D eigenvalue weighted by Gasteiger charge is 2.08. The second-order valence-corrected chi connectivity index (χ2v) is 6.31. The van der Waals surface area contributed by atoms with Gasteiger partial charge in [-0.3, -0.25) is 14.4 Å². The van der Waals surface area contributed by atoms with Crippen LogP contribution in [0.25, 0.3) is 0 Å². The number of rotatable bonds is 8. The third-order valence-electron chi connectivity index (χ3n) is 4.11. The number of nitrogens with one attached hydrogen (secondary N) is 2. The van der Waals surface area contributed by atoms with E-state index in [0.29, 0.717) is 11.4 Å². The summed E-state index contributed by atoms with van der Waals surface area (Å²) >= 11 is 0. The maximum Gasteiger partial charge on any atom is 0.325 e. The number of amides is 2. The Bertz CT molecular complexity index is 846. The topological polar surface area (TPSA) is 93.7 Å². The zero-order valence-electron chi connectivity index (χ0n) is 16.2. The molecule has 0 aliphatic carbocycles. The highest BCUT2D eigenvalue weighted by molar-refractivity contribution is 5.92. The lowest BCUT2D eigenvalue weighted by atomic mass is 10.1. The first-order valence-electron chi connectivity index (χ1n) is 8.79. The van der Waals surface area contributed by atoms with E-state index in [9.17, 15) is 14.4 Å². The Morgan fingerprint density at radius 3 is 2.29 bits per heavy atom. The van der Waals surface area contributed by atoms with Crippen molar-refractivity contribution in [3.63, 3.8) is 0 Å². The number of hydrogen-bond donors (Lipinski definition) is 2. The number of esters is 1. The van der Waals surface area contributed by atoms with E-state index >= 15 is 0 Å². The fourth-order valence-electron chi connectivity index (χ4n) is 2.35. The number of methoxy groups -OCH3 is 1. The van der Waals surface area contributed by atoms with Gasteiger partial charge in [-0.2, -0.15) is 0 Å². The maximum absolute atomic E-state index is 12.0. The van der Waals surface area contributed by atoms with Gasteiger partial charge >= 0.3 is 5.97 Å². The Morgan fingerprint density at radius 2 is 1.64 bits per heavy atom. The van der Waals surface area contributed by atoms with Gasteiger partial charge in [-0.1, -0.05) is 18.2 Å². The monoisotopic (exact) mass is 384 g/mol. The molecule has 0 aliphatic rings. The van der Waals surface area contributed by atoms with Gasteiger partial charge in [0.25, 0.3) is 5.91 Å². The molecule has 0 fully saturated rings. The third kappa shape index (κ3) is 6.75. The van der Waals surface area contributed by atoms with Gasteiger partial charge in [0.1, 0.15) is 12.3 Å². The van der Waals surface area contributed by atoms with Gasteiger partial charge in [-0.05, 0) is 54.8 Å². The van der Waals surface area contributed by atoms with Crippen LogP contribution in [0, 0.1) is 13.8 Å². The molecule has 2 aromatic rings. The average molecular weight is 384 g/mol. The summed E-state index contributed by atoms with van der Waals surface area (Å²) in [5, 5.41) is 5.21. The molecule has 0 heterocycles. The first-order chi connectivity index (χ1) is 13.4. The Morgan fingerprint density at radius 1 is 0.929 bits per heavy atom. The van der Waals surface area contributed by atoms with Crippen molar-refractivity contribution < 1.29 is 23.9 Å². The highest BCUT2D eigenvalue weighted by atomic mass is 16.5. The zero-order chi connectivity index (χ0) is 20.5. The summed E-state index contributed by atoms with van der Waals surface area (Å²) in [6.07, 6.45) is 0.126. The van der Waals surface area contributed by atoms with Gasteiger partial charge in [-0.25, -0.2) is 0 Å². The second kappa shape index (κ2) is 10.1. The van der Waals surface area contributed by atoms with E-state index in [4.69, 9.17) is 4.74 Å². The quantitative estimate of drug-likeness (QED) is 0.680. The molecule has 7 nitrogen and oxygen atoms in total. The van der Waals surface area contributed by atoms with Crippen LogP contribution in [0.3, 0.4) is 0 Å². The molecule has 0 aliphatic heterocycles. The van der Waals surface area contributed by atoms with Crippen LogP contribution >= 0.6 is 0 Å².